The first kappa shape index (κ1) is 56.4. The van der Waals surface area contributed by atoms with Crippen molar-refractivity contribution in [2.24, 2.45) is 17.4 Å². The van der Waals surface area contributed by atoms with Gasteiger partial charge in [-0.2, -0.15) is 0 Å². The summed E-state index contributed by atoms with van der Waals surface area (Å²) in [5.74, 6) is -9.54. The molecular weight excluding hydrogens is 939 g/mol. The fraction of sp³-hybridized carbons (Fsp3) is 0.426. The normalized spacial score (nSPS) is 14.4. The van der Waals surface area contributed by atoms with Crippen molar-refractivity contribution >= 4 is 70.0 Å². The van der Waals surface area contributed by atoms with Gasteiger partial charge in [-0.25, -0.2) is 9.78 Å². The minimum Gasteiger partial charge on any atom is -0.480 e. The van der Waals surface area contributed by atoms with E-state index in [0.29, 0.717) is 22.2 Å². The quantitative estimate of drug-likeness (QED) is 0.0267. The molecule has 0 saturated carbocycles. The van der Waals surface area contributed by atoms with Crippen LogP contribution >= 0.6 is 0 Å². The van der Waals surface area contributed by atoms with E-state index in [2.05, 4.69) is 57.5 Å². The number of aromatic nitrogens is 3. The molecule has 72 heavy (non-hydrogen) atoms. The third-order valence-corrected chi connectivity index (χ3v) is 11.1. The number of carboxylic acid groups (broad SMARTS) is 1. The number of aliphatic hydroxyl groups is 1. The number of nitrogens with zero attached hydrogens (tertiary/aromatic N) is 1. The van der Waals surface area contributed by atoms with Gasteiger partial charge < -0.3 is 74.2 Å². The van der Waals surface area contributed by atoms with Gasteiger partial charge in [0.15, 0.2) is 0 Å². The Bertz CT molecular complexity index is 2530. The monoisotopic (exact) mass is 1000 g/mol. The molecule has 0 aliphatic carbocycles. The second-order valence-corrected chi connectivity index (χ2v) is 17.5. The lowest BCUT2D eigenvalue weighted by Gasteiger charge is -2.27. The summed E-state index contributed by atoms with van der Waals surface area (Å²) in [5.41, 5.74) is 13.1. The van der Waals surface area contributed by atoms with Crippen molar-refractivity contribution in [3.05, 3.63) is 90.1 Å². The maximum absolute atomic E-state index is 14.1. The lowest BCUT2D eigenvalue weighted by molar-refractivity contribution is -0.142. The zero-order chi connectivity index (χ0) is 53.1. The van der Waals surface area contributed by atoms with Crippen LogP contribution in [0, 0.1) is 5.92 Å². The van der Waals surface area contributed by atoms with E-state index in [9.17, 15) is 58.2 Å². The van der Waals surface area contributed by atoms with E-state index in [1.807, 2.05) is 0 Å². The summed E-state index contributed by atoms with van der Waals surface area (Å²) in [6.07, 6.45) is 1.94. The number of benzene rings is 2. The van der Waals surface area contributed by atoms with Crippen LogP contribution in [-0.2, 0) is 67.2 Å². The Hall–Kier alpha value is -8.19. The first-order valence-corrected chi connectivity index (χ1v) is 23.0. The molecular formula is C47H63N13O12. The van der Waals surface area contributed by atoms with Crippen LogP contribution in [0.3, 0.4) is 0 Å². The largest absolute Gasteiger partial charge is 0.480 e. The van der Waals surface area contributed by atoms with Gasteiger partial charge in [0.25, 0.3) is 0 Å². The number of nitrogens with two attached hydrogens (primary N) is 2. The van der Waals surface area contributed by atoms with Crippen LogP contribution < -0.4 is 54.0 Å². The number of para-hydroxylation sites is 1. The minimum atomic E-state index is -1.68. The number of carbonyl (C=O) groups excluding carboxylic acids is 9. The topological polar surface area (TPSA) is 404 Å². The van der Waals surface area contributed by atoms with Crippen molar-refractivity contribution < 1.29 is 58.2 Å². The predicted octanol–water partition coefficient (Wildman–Crippen LogP) is -3.21. The SMILES string of the molecule is CC(C)C[C@H](NC(=O)[C@H](CC(N)=O)NC(=O)CN)C(=O)N[C@@H](Cc1c[nH]c2ccccc12)C(=O)N[C@@H](C)C(=O)N[C@H](C(=O)NCC(=O)N[C@@H](Cc1cnc[nH]1)C(=O)N[C@@H](Cc1ccccc1)C(=O)O)[C@@H](C)O. The number of aliphatic carboxylic acids is 1. The smallest absolute Gasteiger partial charge is 0.326 e. The average molecular weight is 1000 g/mol. The molecule has 0 aliphatic rings. The van der Waals surface area contributed by atoms with Gasteiger partial charge in [0.2, 0.25) is 53.2 Å². The standard InChI is InChI=1S/C47H63N13O12/c1-24(2)14-32(57-45(69)35(18-37(49)62)55-38(63)19-48)43(67)58-33(16-28-20-51-31-13-9-8-12-30(28)31)42(66)54-25(3)41(65)60-40(26(4)61)46(70)52-22-39(64)56-34(17-29-21-50-23-53-29)44(68)59-36(47(71)72)15-27-10-6-5-7-11-27/h5-13,20-21,23-26,32-36,40,51,61H,14-19,22,48H2,1-4H3,(H2,49,62)(H,50,53)(H,52,70)(H,54,66)(H,55,63)(H,56,64)(H,57,69)(H,58,67)(H,59,68)(H,60,65)(H,71,72)/t25-,26+,32-,33-,34-,35-,36-,40-/m0/s1. The first-order valence-electron chi connectivity index (χ1n) is 23.0. The van der Waals surface area contributed by atoms with Crippen molar-refractivity contribution in [1.29, 1.82) is 0 Å². The van der Waals surface area contributed by atoms with Gasteiger partial charge in [-0.1, -0.05) is 62.4 Å². The molecule has 0 saturated heterocycles. The molecule has 0 aliphatic heterocycles. The van der Waals surface area contributed by atoms with E-state index in [4.69, 9.17) is 11.5 Å². The molecule has 0 spiro atoms. The fourth-order valence-corrected chi connectivity index (χ4v) is 7.37. The summed E-state index contributed by atoms with van der Waals surface area (Å²) >= 11 is 0. The number of primary amides is 1. The summed E-state index contributed by atoms with van der Waals surface area (Å²) in [5, 5.41) is 40.7. The fourth-order valence-electron chi connectivity index (χ4n) is 7.37. The molecule has 0 fully saturated rings. The Morgan fingerprint density at radius 1 is 0.639 bits per heavy atom. The molecule has 2 aromatic carbocycles. The summed E-state index contributed by atoms with van der Waals surface area (Å²) in [4.78, 5) is 141. The molecule has 0 unspecified atom stereocenters. The molecule has 0 radical (unpaired) electrons. The van der Waals surface area contributed by atoms with E-state index in [-0.39, 0.29) is 31.6 Å². The van der Waals surface area contributed by atoms with E-state index >= 15 is 0 Å². The van der Waals surface area contributed by atoms with Crippen molar-refractivity contribution in [3.8, 4) is 0 Å². The third-order valence-electron chi connectivity index (χ3n) is 11.1. The Morgan fingerprint density at radius 3 is 1.86 bits per heavy atom. The zero-order valence-electron chi connectivity index (χ0n) is 40.2. The van der Waals surface area contributed by atoms with Gasteiger partial charge in [0, 0.05) is 48.3 Å². The molecule has 388 valence electrons. The average Bonchev–Trinajstić information content (AvgIpc) is 4.01. The Labute approximate surface area is 413 Å². The molecule has 2 heterocycles. The molecule has 9 amide bonds. The number of aliphatic hydroxyl groups excluding tert-OH is 1. The third kappa shape index (κ3) is 17.6. The Morgan fingerprint density at radius 2 is 1.24 bits per heavy atom. The van der Waals surface area contributed by atoms with Gasteiger partial charge in [0.1, 0.15) is 42.3 Å². The summed E-state index contributed by atoms with van der Waals surface area (Å²) in [7, 11) is 0. The van der Waals surface area contributed by atoms with Crippen LogP contribution in [0.4, 0.5) is 0 Å². The van der Waals surface area contributed by atoms with Crippen LogP contribution in [0.25, 0.3) is 10.9 Å². The summed E-state index contributed by atoms with van der Waals surface area (Å²) in [6.45, 7) is 4.74. The number of fused-ring (bicyclic) bond motifs is 1. The molecule has 8 atom stereocenters. The molecule has 25 heteroatoms. The second-order valence-electron chi connectivity index (χ2n) is 17.5. The van der Waals surface area contributed by atoms with Crippen molar-refractivity contribution in [3.63, 3.8) is 0 Å². The van der Waals surface area contributed by atoms with Gasteiger partial charge >= 0.3 is 5.97 Å². The van der Waals surface area contributed by atoms with Crippen molar-refractivity contribution in [1.82, 2.24) is 57.5 Å². The number of hydrogen-bond acceptors (Lipinski definition) is 13. The molecule has 2 aromatic heterocycles. The molecule has 25 nitrogen and oxygen atoms in total. The number of aromatic amines is 2. The number of rotatable bonds is 28. The van der Waals surface area contributed by atoms with Gasteiger partial charge in [0.05, 0.1) is 31.9 Å². The van der Waals surface area contributed by atoms with Gasteiger partial charge in [-0.3, -0.25) is 43.2 Å². The highest BCUT2D eigenvalue weighted by molar-refractivity contribution is 5.98. The molecule has 0 bridgehead atoms. The van der Waals surface area contributed by atoms with Crippen LogP contribution in [0.1, 0.15) is 57.4 Å². The maximum atomic E-state index is 14.1. The number of imidazole rings is 1. The second kappa shape index (κ2) is 27.3. The van der Waals surface area contributed by atoms with Gasteiger partial charge in [-0.15, -0.1) is 0 Å². The lowest BCUT2D eigenvalue weighted by Crippen LogP contribution is -2.60. The molecule has 16 N–H and O–H groups in total. The van der Waals surface area contributed by atoms with E-state index < -0.39 is 127 Å². The van der Waals surface area contributed by atoms with E-state index in [1.54, 1.807) is 74.6 Å². The van der Waals surface area contributed by atoms with Gasteiger partial charge in [-0.05, 0) is 43.4 Å². The zero-order valence-corrected chi connectivity index (χ0v) is 40.2. The van der Waals surface area contributed by atoms with Crippen LogP contribution in [0.15, 0.2) is 73.3 Å². The first-order chi connectivity index (χ1) is 34.1. The predicted molar refractivity (Wildman–Crippen MR) is 258 cm³/mol. The van der Waals surface area contributed by atoms with E-state index in [0.717, 1.165) is 5.52 Å². The highest BCUT2D eigenvalue weighted by atomic mass is 16.4. The Kier molecular flexibility index (Phi) is 21.4. The molecule has 4 aromatic rings. The maximum Gasteiger partial charge on any atom is 0.326 e. The highest BCUT2D eigenvalue weighted by Gasteiger charge is 2.34. The molecule has 4 rings (SSSR count). The van der Waals surface area contributed by atoms with E-state index in [1.165, 1.54) is 26.4 Å². The summed E-state index contributed by atoms with van der Waals surface area (Å²) in [6, 6.07) is 5.75. The lowest BCUT2D eigenvalue weighted by atomic mass is 10.00. The number of nitrogens with one attached hydrogen (secondary N) is 10. The Balaban J connectivity index is 1.45. The minimum absolute atomic E-state index is 0.0416. The van der Waals surface area contributed by atoms with Crippen molar-refractivity contribution in [2.75, 3.05) is 13.1 Å². The highest BCUT2D eigenvalue weighted by Crippen LogP contribution is 2.20. The number of carbonyl (C=O) groups is 10. The van der Waals surface area contributed by atoms with Crippen LogP contribution in [0.2, 0.25) is 0 Å². The number of amides is 9. The van der Waals surface area contributed by atoms with Crippen molar-refractivity contribution in [2.45, 2.75) is 108 Å². The summed E-state index contributed by atoms with van der Waals surface area (Å²) < 4.78 is 0. The van der Waals surface area contributed by atoms with Crippen LogP contribution in [-0.4, -0.2) is 146 Å². The number of H-pyrrole nitrogens is 2. The number of hydrogen-bond donors (Lipinski definition) is 14. The van der Waals surface area contributed by atoms with Crippen LogP contribution in [0.5, 0.6) is 0 Å². The number of carboxylic acids is 1.